The van der Waals surface area contributed by atoms with Gasteiger partial charge in [-0.3, -0.25) is 4.99 Å². The molecule has 0 spiro atoms. The van der Waals surface area contributed by atoms with Crippen LogP contribution < -0.4 is 16.0 Å². The predicted molar refractivity (Wildman–Crippen MR) is 141 cm³/mol. The number of rotatable bonds is 13. The van der Waals surface area contributed by atoms with Crippen molar-refractivity contribution in [3.05, 3.63) is 35.9 Å². The Hall–Kier alpha value is -0.900. The molecule has 1 aliphatic heterocycles. The van der Waals surface area contributed by atoms with Gasteiger partial charge in [-0.15, -0.1) is 24.0 Å². The summed E-state index contributed by atoms with van der Waals surface area (Å²) in [7, 11) is 0. The normalized spacial score (nSPS) is 16.9. The molecule has 1 atom stereocenters. The predicted octanol–water partition coefficient (Wildman–Crippen LogP) is 4.27. The summed E-state index contributed by atoms with van der Waals surface area (Å²) in [5.74, 6) is 0.881. The van der Waals surface area contributed by atoms with Gasteiger partial charge < -0.3 is 25.4 Å². The van der Waals surface area contributed by atoms with Gasteiger partial charge in [0.05, 0.1) is 6.54 Å². The highest BCUT2D eigenvalue weighted by atomic mass is 127. The van der Waals surface area contributed by atoms with Crippen molar-refractivity contribution in [3.8, 4) is 0 Å². The van der Waals surface area contributed by atoms with E-state index in [2.05, 4.69) is 67.1 Å². The summed E-state index contributed by atoms with van der Waals surface area (Å²) in [4.78, 5) is 4.94. The van der Waals surface area contributed by atoms with Crippen LogP contribution in [0.2, 0.25) is 0 Å². The number of ether oxygens (including phenoxy) is 2. The first-order valence-corrected chi connectivity index (χ1v) is 11.7. The van der Waals surface area contributed by atoms with E-state index in [4.69, 9.17) is 14.5 Å². The number of aliphatic imine (C=N–C) groups is 1. The fraction of sp³-hybridized carbons (Fsp3) is 0.708. The number of halogens is 1. The molecule has 1 aromatic rings. The molecule has 0 radical (unpaired) electrons. The molecule has 3 N–H and O–H groups in total. The van der Waals surface area contributed by atoms with Crippen LogP contribution in [-0.2, 0) is 9.47 Å². The largest absolute Gasteiger partial charge is 0.381 e. The highest BCUT2D eigenvalue weighted by Crippen LogP contribution is 2.26. The van der Waals surface area contributed by atoms with Gasteiger partial charge in [-0.25, -0.2) is 0 Å². The molecule has 0 saturated carbocycles. The molecule has 0 aliphatic carbocycles. The number of unbranched alkanes of at least 4 members (excludes halogenated alkanes) is 1. The second-order valence-electron chi connectivity index (χ2n) is 8.11. The lowest BCUT2D eigenvalue weighted by Gasteiger charge is -2.39. The third kappa shape index (κ3) is 11.0. The monoisotopic (exact) mass is 546 g/mol. The third-order valence-electron chi connectivity index (χ3n) is 5.56. The van der Waals surface area contributed by atoms with Crippen molar-refractivity contribution in [2.45, 2.75) is 64.5 Å². The minimum absolute atomic E-state index is 0. The van der Waals surface area contributed by atoms with Crippen molar-refractivity contribution in [2.75, 3.05) is 46.1 Å². The van der Waals surface area contributed by atoms with Crippen molar-refractivity contribution in [1.82, 2.24) is 16.0 Å². The molecule has 0 amide bonds. The Morgan fingerprint density at radius 3 is 2.48 bits per heavy atom. The smallest absolute Gasteiger partial charge is 0.191 e. The van der Waals surface area contributed by atoms with Gasteiger partial charge >= 0.3 is 0 Å². The van der Waals surface area contributed by atoms with Crippen LogP contribution >= 0.6 is 24.0 Å². The van der Waals surface area contributed by atoms with Gasteiger partial charge in [-0.05, 0) is 45.1 Å². The Kier molecular flexibility index (Phi) is 15.2. The maximum Gasteiger partial charge on any atom is 0.191 e. The number of guanidine groups is 1. The zero-order valence-electron chi connectivity index (χ0n) is 19.6. The minimum atomic E-state index is -0.0425. The molecular weight excluding hydrogens is 503 g/mol. The second-order valence-corrected chi connectivity index (χ2v) is 8.11. The Morgan fingerprint density at radius 1 is 1.10 bits per heavy atom. The van der Waals surface area contributed by atoms with Crippen LogP contribution in [0.3, 0.4) is 0 Å². The molecule has 1 unspecified atom stereocenters. The average Bonchev–Trinajstić information content (AvgIpc) is 2.78. The van der Waals surface area contributed by atoms with Crippen LogP contribution in [-0.4, -0.2) is 57.6 Å². The maximum absolute atomic E-state index is 5.65. The fourth-order valence-electron chi connectivity index (χ4n) is 3.70. The molecule has 178 valence electrons. The summed E-state index contributed by atoms with van der Waals surface area (Å²) in [5, 5.41) is 10.7. The van der Waals surface area contributed by atoms with E-state index in [9.17, 15) is 0 Å². The molecule has 2 rings (SSSR count). The van der Waals surface area contributed by atoms with Gasteiger partial charge in [-0.1, -0.05) is 43.7 Å². The molecule has 1 heterocycles. The van der Waals surface area contributed by atoms with Crippen molar-refractivity contribution in [1.29, 1.82) is 0 Å². The van der Waals surface area contributed by atoms with E-state index in [1.54, 1.807) is 0 Å². The number of nitrogens with zero attached hydrogens (tertiary/aromatic N) is 1. The number of nitrogens with one attached hydrogen (secondary N) is 3. The lowest BCUT2D eigenvalue weighted by molar-refractivity contribution is 0.0374. The summed E-state index contributed by atoms with van der Waals surface area (Å²) in [6, 6.07) is 10.9. The number of hydrogen-bond acceptors (Lipinski definition) is 4. The maximum atomic E-state index is 5.65. The molecule has 6 nitrogen and oxygen atoms in total. The van der Waals surface area contributed by atoms with Crippen LogP contribution in [0.25, 0.3) is 0 Å². The lowest BCUT2D eigenvalue weighted by atomic mass is 9.88. The van der Waals surface area contributed by atoms with E-state index in [1.807, 2.05) is 0 Å². The van der Waals surface area contributed by atoms with Crippen LogP contribution in [0.4, 0.5) is 0 Å². The van der Waals surface area contributed by atoms with Gasteiger partial charge in [0.1, 0.15) is 0 Å². The molecule has 1 aromatic carbocycles. The van der Waals surface area contributed by atoms with E-state index in [0.717, 1.165) is 77.7 Å². The number of hydrogen-bond donors (Lipinski definition) is 3. The van der Waals surface area contributed by atoms with E-state index in [1.165, 1.54) is 12.0 Å². The lowest BCUT2D eigenvalue weighted by Crippen LogP contribution is -2.53. The summed E-state index contributed by atoms with van der Waals surface area (Å²) >= 11 is 0. The first kappa shape index (κ1) is 28.1. The van der Waals surface area contributed by atoms with Crippen molar-refractivity contribution in [2.24, 2.45) is 4.99 Å². The standard InChI is InChI=1S/C24H42N4O2.HI/c1-4-6-16-29-17-10-15-26-23(25-5-2)27-20-24(13-18-30-19-14-24)28-21(3)22-11-8-7-9-12-22;/h7-9,11-12,21,28H,4-6,10,13-20H2,1-3H3,(H2,25,26,27);1H. The highest BCUT2D eigenvalue weighted by molar-refractivity contribution is 14.0. The molecule has 0 aromatic heterocycles. The molecule has 1 aliphatic rings. The van der Waals surface area contributed by atoms with E-state index >= 15 is 0 Å². The Labute approximate surface area is 206 Å². The van der Waals surface area contributed by atoms with Crippen molar-refractivity contribution in [3.63, 3.8) is 0 Å². The third-order valence-corrected chi connectivity index (χ3v) is 5.56. The van der Waals surface area contributed by atoms with Gasteiger partial charge in [-0.2, -0.15) is 0 Å². The second kappa shape index (κ2) is 16.7. The molecular formula is C24H43IN4O2. The van der Waals surface area contributed by atoms with Crippen molar-refractivity contribution >= 4 is 29.9 Å². The number of benzene rings is 1. The van der Waals surface area contributed by atoms with E-state index in [0.29, 0.717) is 0 Å². The first-order valence-electron chi connectivity index (χ1n) is 11.7. The Morgan fingerprint density at radius 2 is 1.81 bits per heavy atom. The summed E-state index contributed by atoms with van der Waals surface area (Å²) in [6.07, 6.45) is 5.24. The van der Waals surface area contributed by atoms with Crippen LogP contribution in [0, 0.1) is 0 Å². The van der Waals surface area contributed by atoms with Gasteiger partial charge in [0.2, 0.25) is 0 Å². The van der Waals surface area contributed by atoms with Crippen LogP contribution in [0.5, 0.6) is 0 Å². The SMILES string of the molecule is CCCCOCCCNC(=NCC1(NC(C)c2ccccc2)CCOCC1)NCC.I. The first-order chi connectivity index (χ1) is 14.7. The molecule has 1 fully saturated rings. The van der Waals surface area contributed by atoms with Crippen LogP contribution in [0.1, 0.15) is 64.5 Å². The zero-order chi connectivity index (χ0) is 21.5. The molecule has 1 saturated heterocycles. The van der Waals surface area contributed by atoms with Crippen LogP contribution in [0.15, 0.2) is 35.3 Å². The molecule has 0 bridgehead atoms. The fourth-order valence-corrected chi connectivity index (χ4v) is 3.70. The quantitative estimate of drug-likeness (QED) is 0.149. The Balaban J connectivity index is 0.00000480. The van der Waals surface area contributed by atoms with Crippen molar-refractivity contribution < 1.29 is 9.47 Å². The topological polar surface area (TPSA) is 66.9 Å². The zero-order valence-corrected chi connectivity index (χ0v) is 22.0. The van der Waals surface area contributed by atoms with E-state index < -0.39 is 0 Å². The molecule has 7 heteroatoms. The summed E-state index contributed by atoms with van der Waals surface area (Å²) in [6.45, 7) is 12.2. The molecule has 31 heavy (non-hydrogen) atoms. The average molecular weight is 547 g/mol. The van der Waals surface area contributed by atoms with Gasteiger partial charge in [0.25, 0.3) is 0 Å². The summed E-state index contributed by atoms with van der Waals surface area (Å²) < 4.78 is 11.3. The van der Waals surface area contributed by atoms with E-state index in [-0.39, 0.29) is 35.6 Å². The van der Waals surface area contributed by atoms with Gasteiger partial charge in [0, 0.05) is 51.1 Å². The minimum Gasteiger partial charge on any atom is -0.381 e. The Bertz CT molecular complexity index is 595. The van der Waals surface area contributed by atoms with Gasteiger partial charge in [0.15, 0.2) is 5.96 Å². The summed E-state index contributed by atoms with van der Waals surface area (Å²) in [5.41, 5.74) is 1.26. The highest BCUT2D eigenvalue weighted by Gasteiger charge is 2.34.